The summed E-state index contributed by atoms with van der Waals surface area (Å²) in [7, 11) is 0. The Hall–Kier alpha value is -3.06. The number of aromatic nitrogens is 6. The van der Waals surface area contributed by atoms with Gasteiger partial charge in [0.25, 0.3) is 0 Å². The number of aliphatic hydroxyl groups is 1. The number of aliphatic hydroxyl groups excluding tert-OH is 1. The molecular weight excluding hydrogens is 388 g/mol. The number of nitrogens with zero attached hydrogens (tertiary/aromatic N) is 5. The molecule has 31 heavy (non-hydrogen) atoms. The van der Waals surface area contributed by atoms with Crippen LogP contribution in [0.5, 0.6) is 0 Å². The smallest absolute Gasteiger partial charge is 0.205 e. The number of aryl methyl sites for hydroxylation is 2. The van der Waals surface area contributed by atoms with E-state index in [9.17, 15) is 5.11 Å². The van der Waals surface area contributed by atoms with E-state index in [0.29, 0.717) is 5.82 Å². The van der Waals surface area contributed by atoms with Crippen LogP contribution < -0.4 is 0 Å². The van der Waals surface area contributed by atoms with E-state index in [2.05, 4.69) is 63.3 Å². The van der Waals surface area contributed by atoms with Gasteiger partial charge < -0.3 is 9.67 Å². The second kappa shape index (κ2) is 8.98. The van der Waals surface area contributed by atoms with Crippen molar-refractivity contribution in [3.8, 4) is 11.4 Å². The zero-order chi connectivity index (χ0) is 21.8. The lowest BCUT2D eigenvalue weighted by atomic mass is 9.80. The van der Waals surface area contributed by atoms with Crippen LogP contribution in [0.3, 0.4) is 0 Å². The van der Waals surface area contributed by atoms with Gasteiger partial charge in [0.2, 0.25) is 5.82 Å². The van der Waals surface area contributed by atoms with E-state index in [0.717, 1.165) is 66.1 Å². The van der Waals surface area contributed by atoms with Gasteiger partial charge in [0, 0.05) is 23.9 Å². The lowest BCUT2D eigenvalue weighted by molar-refractivity contribution is 0.258. The molecule has 0 amide bonds. The molecule has 0 fully saturated rings. The molecule has 1 aliphatic rings. The molecular formula is C24H30N6O. The van der Waals surface area contributed by atoms with Crippen LogP contribution in [0.2, 0.25) is 0 Å². The van der Waals surface area contributed by atoms with Gasteiger partial charge in [0.15, 0.2) is 0 Å². The van der Waals surface area contributed by atoms with Crippen LogP contribution in [0.25, 0.3) is 17.0 Å². The monoisotopic (exact) mass is 418 g/mol. The van der Waals surface area contributed by atoms with Crippen molar-refractivity contribution >= 4 is 5.57 Å². The molecule has 0 bridgehead atoms. The first kappa shape index (κ1) is 21.2. The number of imidazole rings is 1. The molecule has 2 heterocycles. The van der Waals surface area contributed by atoms with Crippen LogP contribution in [0, 0.1) is 12.3 Å². The molecule has 1 atom stereocenters. The van der Waals surface area contributed by atoms with Gasteiger partial charge in [-0.25, -0.2) is 4.98 Å². The molecule has 0 spiro atoms. The Balaban J connectivity index is 1.59. The Morgan fingerprint density at radius 3 is 2.68 bits per heavy atom. The van der Waals surface area contributed by atoms with E-state index in [1.165, 1.54) is 0 Å². The summed E-state index contributed by atoms with van der Waals surface area (Å²) in [5.41, 5.74) is 5.03. The quantitative estimate of drug-likeness (QED) is 0.570. The van der Waals surface area contributed by atoms with Crippen molar-refractivity contribution in [2.45, 2.75) is 59.6 Å². The van der Waals surface area contributed by atoms with Gasteiger partial charge in [-0.15, -0.1) is 10.2 Å². The van der Waals surface area contributed by atoms with Crippen LogP contribution >= 0.6 is 0 Å². The van der Waals surface area contributed by atoms with Crippen molar-refractivity contribution in [1.82, 2.24) is 30.2 Å². The lowest BCUT2D eigenvalue weighted by Crippen LogP contribution is -2.25. The number of benzene rings is 1. The molecule has 0 saturated heterocycles. The molecule has 2 aromatic heterocycles. The zero-order valence-corrected chi connectivity index (χ0v) is 18.5. The summed E-state index contributed by atoms with van der Waals surface area (Å²) in [5.74, 6) is 1.68. The number of nitrogens with one attached hydrogen (secondary N) is 1. The highest BCUT2D eigenvalue weighted by Crippen LogP contribution is 2.37. The normalized spacial score (nSPS) is 18.4. The van der Waals surface area contributed by atoms with E-state index in [1.54, 1.807) is 0 Å². The maximum absolute atomic E-state index is 9.95. The number of hydrogen-bond acceptors (Lipinski definition) is 5. The second-order valence-corrected chi connectivity index (χ2v) is 8.54. The highest BCUT2D eigenvalue weighted by molar-refractivity contribution is 5.84. The van der Waals surface area contributed by atoms with Gasteiger partial charge in [-0.2, -0.15) is 5.21 Å². The molecule has 0 aliphatic heterocycles. The lowest BCUT2D eigenvalue weighted by Gasteiger charge is -2.30. The molecule has 1 aromatic carbocycles. The van der Waals surface area contributed by atoms with Gasteiger partial charge in [0.1, 0.15) is 5.82 Å². The van der Waals surface area contributed by atoms with Gasteiger partial charge in [0.05, 0.1) is 18.0 Å². The topological polar surface area (TPSA) is 92.5 Å². The summed E-state index contributed by atoms with van der Waals surface area (Å²) in [6.07, 6.45) is 10.8. The standard InChI is InChI=1S/C24H30N6O/c1-4-5-10-22-25-17(2)21(15-31)30(22)16-24(3)13-11-18(12-14-24)19-8-6-7-9-20(19)23-26-28-29-27-23/h6-9,11-13,31H,4-5,10,14-16H2,1-3H3,(H,26,27,28,29). The molecule has 162 valence electrons. The number of rotatable bonds is 8. The first-order chi connectivity index (χ1) is 15.0. The van der Waals surface area contributed by atoms with Crippen molar-refractivity contribution in [3.63, 3.8) is 0 Å². The van der Waals surface area contributed by atoms with Gasteiger partial charge in [-0.05, 0) is 36.1 Å². The van der Waals surface area contributed by atoms with Crippen molar-refractivity contribution < 1.29 is 5.11 Å². The zero-order valence-electron chi connectivity index (χ0n) is 18.5. The fraction of sp³-hybridized carbons (Fsp3) is 0.417. The summed E-state index contributed by atoms with van der Waals surface area (Å²) in [4.78, 5) is 4.76. The third-order valence-electron chi connectivity index (χ3n) is 6.05. The fourth-order valence-electron chi connectivity index (χ4n) is 4.24. The number of tetrazole rings is 1. The molecule has 3 aromatic rings. The van der Waals surface area contributed by atoms with Crippen LogP contribution in [-0.4, -0.2) is 35.3 Å². The molecule has 7 nitrogen and oxygen atoms in total. The minimum Gasteiger partial charge on any atom is -0.390 e. The summed E-state index contributed by atoms with van der Waals surface area (Å²) >= 11 is 0. The number of allylic oxidation sites excluding steroid dienone is 4. The fourth-order valence-corrected chi connectivity index (χ4v) is 4.24. The Bertz CT molecular complexity index is 1100. The van der Waals surface area contributed by atoms with Crippen molar-refractivity contribution in [2.75, 3.05) is 0 Å². The Morgan fingerprint density at radius 1 is 1.23 bits per heavy atom. The van der Waals surface area contributed by atoms with Crippen LogP contribution in [0.4, 0.5) is 0 Å². The summed E-state index contributed by atoms with van der Waals surface area (Å²) in [6, 6.07) is 8.13. The number of hydrogen-bond donors (Lipinski definition) is 2. The van der Waals surface area contributed by atoms with E-state index in [1.807, 2.05) is 25.1 Å². The highest BCUT2D eigenvalue weighted by Gasteiger charge is 2.27. The summed E-state index contributed by atoms with van der Waals surface area (Å²) < 4.78 is 2.24. The summed E-state index contributed by atoms with van der Waals surface area (Å²) in [5, 5.41) is 24.5. The Morgan fingerprint density at radius 2 is 2.03 bits per heavy atom. The third-order valence-corrected chi connectivity index (χ3v) is 6.05. The number of unbranched alkanes of at least 4 members (excludes halogenated alkanes) is 1. The Labute approximate surface area is 182 Å². The second-order valence-electron chi connectivity index (χ2n) is 8.54. The first-order valence-corrected chi connectivity index (χ1v) is 10.9. The van der Waals surface area contributed by atoms with E-state index in [4.69, 9.17) is 4.98 Å². The Kier molecular flexibility index (Phi) is 6.13. The van der Waals surface area contributed by atoms with Gasteiger partial charge >= 0.3 is 0 Å². The van der Waals surface area contributed by atoms with Crippen LogP contribution in [0.15, 0.2) is 42.5 Å². The number of aromatic amines is 1. The van der Waals surface area contributed by atoms with Gasteiger partial charge in [-0.1, -0.05) is 62.8 Å². The molecule has 4 rings (SSSR count). The number of H-pyrrole nitrogens is 1. The van der Waals surface area contributed by atoms with E-state index in [-0.39, 0.29) is 12.0 Å². The predicted molar refractivity (Wildman–Crippen MR) is 121 cm³/mol. The third kappa shape index (κ3) is 4.37. The molecule has 7 heteroatoms. The molecule has 1 unspecified atom stereocenters. The molecule has 1 aliphatic carbocycles. The first-order valence-electron chi connectivity index (χ1n) is 10.9. The largest absolute Gasteiger partial charge is 0.390 e. The molecule has 0 radical (unpaired) electrons. The van der Waals surface area contributed by atoms with E-state index < -0.39 is 0 Å². The SMILES string of the molecule is CCCCc1nc(C)c(CO)n1CC1(C)C=CC(c2ccccc2-c2nn[nH]n2)=CC1. The minimum absolute atomic E-state index is 0.0178. The molecule has 2 N–H and O–H groups in total. The maximum atomic E-state index is 9.95. The average Bonchev–Trinajstić information content (AvgIpc) is 3.41. The van der Waals surface area contributed by atoms with Crippen LogP contribution in [-0.2, 0) is 19.6 Å². The molecule has 0 saturated carbocycles. The average molecular weight is 419 g/mol. The predicted octanol–water partition coefficient (Wildman–Crippen LogP) is 4.26. The summed E-state index contributed by atoms with van der Waals surface area (Å²) in [6.45, 7) is 7.27. The highest BCUT2D eigenvalue weighted by atomic mass is 16.3. The minimum atomic E-state index is -0.0530. The van der Waals surface area contributed by atoms with Crippen molar-refractivity contribution in [3.05, 3.63) is 65.3 Å². The van der Waals surface area contributed by atoms with E-state index >= 15 is 0 Å². The van der Waals surface area contributed by atoms with Crippen molar-refractivity contribution in [2.24, 2.45) is 5.41 Å². The van der Waals surface area contributed by atoms with Gasteiger partial charge in [-0.3, -0.25) is 0 Å². The maximum Gasteiger partial charge on any atom is 0.205 e. The van der Waals surface area contributed by atoms with Crippen LogP contribution in [0.1, 0.15) is 55.9 Å². The van der Waals surface area contributed by atoms with Crippen molar-refractivity contribution in [1.29, 1.82) is 0 Å².